The van der Waals surface area contributed by atoms with Crippen LogP contribution in [-0.4, -0.2) is 26.2 Å². The maximum absolute atomic E-state index is 14.8. The fourth-order valence-electron chi connectivity index (χ4n) is 11.3. The first kappa shape index (κ1) is 65.3. The second kappa shape index (κ2) is 39.0. The second-order valence-electron chi connectivity index (χ2n) is 21.8. The van der Waals surface area contributed by atoms with Crippen LogP contribution >= 0.6 is 0 Å². The standard InChI is InChI=1S/C22H33F6N.4C9H19.Al/c1-5-8-10-16(7-3)11-12-29(14-15(4)9-6-2)18-13-17(23)20(24)19(21(18)25)22(26,27)28;4*1-4-7-8-9(5-2)6-3;/h13,15-16H,5-12,14H2,1-4H3;4*9H,2,4-8H2,1,3H3;/q;;;;;-1/p+1. The molecule has 0 aliphatic carbocycles. The minimum Gasteiger partial charge on any atom is -0.300 e. The van der Waals surface area contributed by atoms with Gasteiger partial charge < -0.3 is 0 Å². The van der Waals surface area contributed by atoms with Gasteiger partial charge in [0, 0.05) is 12.0 Å². The molecule has 7 unspecified atom stereocenters. The maximum Gasteiger partial charge on any atom is 0.422 e. The highest BCUT2D eigenvalue weighted by Gasteiger charge is 2.42. The van der Waals surface area contributed by atoms with E-state index in [1.54, 1.807) is 46.8 Å². The van der Waals surface area contributed by atoms with Crippen LogP contribution in [0, 0.1) is 53.0 Å². The van der Waals surface area contributed by atoms with Gasteiger partial charge in [-0.05, 0) is 42.4 Å². The number of hydrogen-bond donors (Lipinski definition) is 1. The molecule has 0 aliphatic heterocycles. The van der Waals surface area contributed by atoms with Gasteiger partial charge in [-0.1, -0.05) is 244 Å². The first-order valence-corrected chi connectivity index (χ1v) is 32.1. The summed E-state index contributed by atoms with van der Waals surface area (Å²) in [7, 11) is 0. The number of hydrogen-bond acceptors (Lipinski definition) is 0. The van der Waals surface area contributed by atoms with Gasteiger partial charge in [0.05, 0.1) is 13.1 Å². The zero-order valence-corrected chi connectivity index (χ0v) is 46.9. The minimum absolute atomic E-state index is 0.118. The highest BCUT2D eigenvalue weighted by Crippen LogP contribution is 2.41. The van der Waals surface area contributed by atoms with E-state index in [-0.39, 0.29) is 5.92 Å². The second-order valence-corrected chi connectivity index (χ2v) is 27.5. The molecule has 0 fully saturated rings. The molecule has 66 heavy (non-hydrogen) atoms. The molecule has 1 N–H and O–H groups in total. The third-order valence-corrected chi connectivity index (χ3v) is 22.7. The molecule has 1 rings (SSSR count). The molecule has 392 valence electrons. The Morgan fingerprint density at radius 1 is 0.455 bits per heavy atom. The first-order chi connectivity index (χ1) is 31.5. The number of unbranched alkanes of at least 4 members (excludes halogenated alkanes) is 5. The number of benzene rings is 1. The monoisotopic (exact) mass is 962 g/mol. The average Bonchev–Trinajstić information content (AvgIpc) is 3.29. The van der Waals surface area contributed by atoms with Gasteiger partial charge in [-0.15, -0.1) is 0 Å². The van der Waals surface area contributed by atoms with Crippen molar-refractivity contribution >= 4 is 18.8 Å². The molecule has 7 atom stereocenters. The molecule has 0 amide bonds. The van der Waals surface area contributed by atoms with Crippen LogP contribution < -0.4 is 4.90 Å². The molecule has 0 saturated carbocycles. The molecule has 0 spiro atoms. The molecule has 0 heterocycles. The fraction of sp³-hybridized carbons (Fsp3) is 0.897. The number of quaternary nitrogens is 1. The summed E-state index contributed by atoms with van der Waals surface area (Å²) in [5.74, 6) is -1.01. The van der Waals surface area contributed by atoms with E-state index in [0.717, 1.165) is 62.2 Å². The highest BCUT2D eigenvalue weighted by atomic mass is 27.2. The Labute approximate surface area is 409 Å². The van der Waals surface area contributed by atoms with Gasteiger partial charge in [-0.25, -0.2) is 8.78 Å². The van der Waals surface area contributed by atoms with Gasteiger partial charge in [0.25, 0.3) is 0 Å². The lowest BCUT2D eigenvalue weighted by atomic mass is 9.95. The minimum atomic E-state index is -5.29. The van der Waals surface area contributed by atoms with Crippen LogP contribution in [0.2, 0.25) is 21.1 Å². The lowest BCUT2D eigenvalue weighted by molar-refractivity contribution is -0.838. The summed E-state index contributed by atoms with van der Waals surface area (Å²) in [4.78, 5) is 0.447. The van der Waals surface area contributed by atoms with E-state index in [1.165, 1.54) is 103 Å². The van der Waals surface area contributed by atoms with Crippen molar-refractivity contribution in [3.05, 3.63) is 29.1 Å². The summed E-state index contributed by atoms with van der Waals surface area (Å²) in [5.41, 5.74) is -2.56. The summed E-state index contributed by atoms with van der Waals surface area (Å²) < 4.78 is 82.0. The van der Waals surface area contributed by atoms with E-state index < -0.39 is 48.0 Å². The van der Waals surface area contributed by atoms with Crippen molar-refractivity contribution in [1.29, 1.82) is 0 Å². The van der Waals surface area contributed by atoms with E-state index in [2.05, 4.69) is 69.2 Å². The summed E-state index contributed by atoms with van der Waals surface area (Å²) in [6.07, 6.45) is 30.4. The van der Waals surface area contributed by atoms with Crippen LogP contribution in [0.25, 0.3) is 0 Å². The summed E-state index contributed by atoms with van der Waals surface area (Å²) in [6, 6.07) is 0.598. The zero-order valence-electron chi connectivity index (χ0n) is 45.7. The average molecular weight is 962 g/mol. The Morgan fingerprint density at radius 2 is 0.788 bits per heavy atom. The third-order valence-electron chi connectivity index (χ3n) is 16.5. The van der Waals surface area contributed by atoms with Crippen molar-refractivity contribution in [2.45, 2.75) is 284 Å². The fourth-order valence-corrected chi connectivity index (χ4v) is 17.7. The normalized spacial score (nSPS) is 16.2. The summed E-state index contributed by atoms with van der Waals surface area (Å²) in [6.45, 7) is 28.3. The third kappa shape index (κ3) is 27.0. The topological polar surface area (TPSA) is 4.44 Å². The van der Waals surface area contributed by atoms with Crippen LogP contribution in [0.1, 0.15) is 262 Å². The Kier molecular flexibility index (Phi) is 38.6. The number of alkyl halides is 3. The molecule has 0 aromatic heterocycles. The molecule has 1 nitrogen and oxygen atoms in total. The summed E-state index contributed by atoms with van der Waals surface area (Å²) in [5, 5.41) is 6.75. The van der Waals surface area contributed by atoms with Gasteiger partial charge in [0.1, 0.15) is 18.6 Å². The van der Waals surface area contributed by atoms with E-state index in [1.807, 2.05) is 13.8 Å². The van der Waals surface area contributed by atoms with Crippen LogP contribution in [0.15, 0.2) is 6.07 Å². The van der Waals surface area contributed by atoms with Gasteiger partial charge in [0.15, 0.2) is 23.1 Å². The van der Waals surface area contributed by atoms with Crippen molar-refractivity contribution in [2.75, 3.05) is 13.1 Å². The lowest BCUT2D eigenvalue weighted by Gasteiger charge is -2.41. The van der Waals surface area contributed by atoms with Gasteiger partial charge >= 0.3 is 6.18 Å². The van der Waals surface area contributed by atoms with Crippen LogP contribution in [0.4, 0.5) is 32.0 Å². The Morgan fingerprint density at radius 3 is 1.08 bits per heavy atom. The van der Waals surface area contributed by atoms with Crippen molar-refractivity contribution in [3.63, 3.8) is 0 Å². The van der Waals surface area contributed by atoms with Crippen LogP contribution in [-0.2, 0) is 6.18 Å². The Bertz CT molecular complexity index is 1200. The predicted octanol–water partition coefficient (Wildman–Crippen LogP) is 20.5. The SMILES string of the molecule is CCCCC(CC)CC[NH+](CC(C)CCC)c1cc(F)c(F)c(C(F)(F)F)c1F.CCCCC(CC)C[CH2][Al-]([CH2]CC(CC)CCCC)([CH2]CC(CC)CCCC)[CH2]CC(CC)CCCC. The van der Waals surface area contributed by atoms with Gasteiger partial charge in [0.2, 0.25) is 0 Å². The maximum atomic E-state index is 14.8. The highest BCUT2D eigenvalue weighted by molar-refractivity contribution is 6.79. The molecule has 0 aliphatic rings. The van der Waals surface area contributed by atoms with Gasteiger partial charge in [-0.2, -0.15) is 38.7 Å². The Hall–Kier alpha value is -0.708. The van der Waals surface area contributed by atoms with Crippen molar-refractivity contribution in [1.82, 2.24) is 0 Å². The number of nitrogens with one attached hydrogen (secondary N) is 1. The lowest BCUT2D eigenvalue weighted by Crippen LogP contribution is -3.08. The van der Waals surface area contributed by atoms with E-state index in [9.17, 15) is 26.3 Å². The molecular weight excluding hydrogens is 852 g/mol. The van der Waals surface area contributed by atoms with Crippen molar-refractivity contribution in [3.8, 4) is 0 Å². The molecule has 1 aromatic rings. The van der Waals surface area contributed by atoms with Crippen LogP contribution in [0.5, 0.6) is 0 Å². The van der Waals surface area contributed by atoms with Crippen molar-refractivity contribution in [2.24, 2.45) is 35.5 Å². The molecular formula is C58H110AlF6N. The quantitative estimate of drug-likeness (QED) is 0.0380. The summed E-state index contributed by atoms with van der Waals surface area (Å²) >= 11 is -1.64. The zero-order chi connectivity index (χ0) is 50.0. The predicted molar refractivity (Wildman–Crippen MR) is 280 cm³/mol. The largest absolute Gasteiger partial charge is 0.422 e. The van der Waals surface area contributed by atoms with E-state index in [0.29, 0.717) is 36.4 Å². The van der Waals surface area contributed by atoms with Gasteiger partial charge in [-0.3, -0.25) is 4.90 Å². The Balaban J connectivity index is 0.00000132. The molecule has 8 heteroatoms. The van der Waals surface area contributed by atoms with E-state index >= 15 is 0 Å². The number of halogens is 6. The smallest absolute Gasteiger partial charge is 0.300 e. The molecule has 1 aromatic carbocycles. The first-order valence-electron chi connectivity index (χ1n) is 28.8. The van der Waals surface area contributed by atoms with Crippen molar-refractivity contribution < 1.29 is 31.2 Å². The molecule has 0 radical (unpaired) electrons. The number of rotatable bonds is 40. The van der Waals surface area contributed by atoms with Crippen LogP contribution in [0.3, 0.4) is 0 Å². The molecule has 0 bridgehead atoms. The van der Waals surface area contributed by atoms with E-state index in [4.69, 9.17) is 0 Å². The molecule has 0 saturated heterocycles.